The molecule has 56 valence electrons. The lowest BCUT2D eigenvalue weighted by Crippen LogP contribution is -2.09. The van der Waals surface area contributed by atoms with E-state index in [0.717, 1.165) is 17.8 Å². The summed E-state index contributed by atoms with van der Waals surface area (Å²) in [6.45, 7) is 7.85. The lowest BCUT2D eigenvalue weighted by molar-refractivity contribution is 0.824. The Morgan fingerprint density at radius 1 is 1.80 bits per heavy atom. The zero-order valence-corrected chi connectivity index (χ0v) is 6.57. The maximum Gasteiger partial charge on any atom is 0.0703 e. The first-order valence-corrected chi connectivity index (χ1v) is 3.64. The van der Waals surface area contributed by atoms with Crippen molar-refractivity contribution in [1.82, 2.24) is 5.32 Å². The van der Waals surface area contributed by atoms with Crippen LogP contribution < -0.4 is 5.32 Å². The Kier molecular flexibility index (Phi) is 1.79. The van der Waals surface area contributed by atoms with Crippen molar-refractivity contribution in [3.8, 4) is 0 Å². The highest BCUT2D eigenvalue weighted by atomic mass is 15.1. The van der Waals surface area contributed by atoms with Gasteiger partial charge in [0.25, 0.3) is 0 Å². The van der Waals surface area contributed by atoms with Gasteiger partial charge in [-0.2, -0.15) is 0 Å². The van der Waals surface area contributed by atoms with E-state index in [-0.39, 0.29) is 0 Å². The Bertz CT molecular complexity index is 170. The Labute approximate surface area is 61.8 Å². The van der Waals surface area contributed by atoms with Crippen LogP contribution in [0.25, 0.3) is 0 Å². The Hall–Kier alpha value is -0.790. The van der Waals surface area contributed by atoms with Crippen LogP contribution in [0.4, 0.5) is 0 Å². The molecule has 2 nitrogen and oxygen atoms in total. The quantitative estimate of drug-likeness (QED) is 0.451. The van der Waals surface area contributed by atoms with Crippen LogP contribution in [0.3, 0.4) is 0 Å². The summed E-state index contributed by atoms with van der Waals surface area (Å²) in [6, 6.07) is 0.412. The molecule has 1 saturated heterocycles. The number of nitrogens with one attached hydrogen (secondary N) is 2. The molecule has 0 radical (unpaired) electrons. The molecule has 1 aliphatic rings. The van der Waals surface area contributed by atoms with E-state index in [9.17, 15) is 0 Å². The van der Waals surface area contributed by atoms with Crippen molar-refractivity contribution >= 4 is 5.71 Å². The van der Waals surface area contributed by atoms with Crippen LogP contribution in [-0.2, 0) is 0 Å². The molecule has 0 unspecified atom stereocenters. The molecule has 0 bridgehead atoms. The highest BCUT2D eigenvalue weighted by Gasteiger charge is 2.27. The van der Waals surface area contributed by atoms with Crippen molar-refractivity contribution in [2.24, 2.45) is 5.92 Å². The van der Waals surface area contributed by atoms with Crippen molar-refractivity contribution in [1.29, 1.82) is 5.41 Å². The second kappa shape index (κ2) is 2.45. The third kappa shape index (κ3) is 1.59. The van der Waals surface area contributed by atoms with E-state index in [0.29, 0.717) is 12.0 Å². The Morgan fingerprint density at radius 3 is 2.60 bits per heavy atom. The smallest absolute Gasteiger partial charge is 0.0703 e. The van der Waals surface area contributed by atoms with E-state index in [1.165, 1.54) is 0 Å². The van der Waals surface area contributed by atoms with Gasteiger partial charge in [0.15, 0.2) is 0 Å². The SMILES string of the molecule is C=C1N[C@@H]1CC(=N)C(C)C. The molecular formula is C8H14N2. The zero-order valence-electron chi connectivity index (χ0n) is 6.57. The van der Waals surface area contributed by atoms with E-state index in [2.05, 4.69) is 11.9 Å². The van der Waals surface area contributed by atoms with Gasteiger partial charge in [0.1, 0.15) is 0 Å². The molecule has 2 N–H and O–H groups in total. The molecule has 0 aromatic carbocycles. The van der Waals surface area contributed by atoms with E-state index >= 15 is 0 Å². The minimum atomic E-state index is 0.384. The van der Waals surface area contributed by atoms with Crippen LogP contribution in [-0.4, -0.2) is 11.8 Å². The Morgan fingerprint density at radius 2 is 2.30 bits per heavy atom. The first kappa shape index (κ1) is 7.32. The molecule has 1 rings (SSSR count). The van der Waals surface area contributed by atoms with E-state index < -0.39 is 0 Å². The second-order valence-electron chi connectivity index (χ2n) is 3.11. The molecular weight excluding hydrogens is 124 g/mol. The summed E-state index contributed by atoms with van der Waals surface area (Å²) in [5, 5.41) is 10.6. The van der Waals surface area contributed by atoms with Crippen LogP contribution in [0.1, 0.15) is 20.3 Å². The molecule has 1 fully saturated rings. The maximum absolute atomic E-state index is 7.52. The largest absolute Gasteiger partial charge is 0.378 e. The van der Waals surface area contributed by atoms with Gasteiger partial charge in [-0.15, -0.1) is 0 Å². The molecule has 0 saturated carbocycles. The standard InChI is InChI=1S/C8H14N2/c1-5(2)7(9)4-8-6(3)10-8/h5,8-10H,3-4H2,1-2H3/t8-/m1/s1. The van der Waals surface area contributed by atoms with Gasteiger partial charge in [0, 0.05) is 17.8 Å². The molecule has 10 heavy (non-hydrogen) atoms. The van der Waals surface area contributed by atoms with Crippen LogP contribution in [0.2, 0.25) is 0 Å². The summed E-state index contributed by atoms with van der Waals surface area (Å²) in [4.78, 5) is 0. The molecule has 0 aliphatic carbocycles. The van der Waals surface area contributed by atoms with E-state index in [1.54, 1.807) is 0 Å². The normalized spacial score (nSPS) is 22.7. The van der Waals surface area contributed by atoms with Crippen LogP contribution in [0.15, 0.2) is 12.3 Å². The fraction of sp³-hybridized carbons (Fsp3) is 0.625. The van der Waals surface area contributed by atoms with Gasteiger partial charge < -0.3 is 10.7 Å². The molecule has 1 aliphatic heterocycles. The first-order valence-electron chi connectivity index (χ1n) is 3.64. The average Bonchev–Trinajstić information content (AvgIpc) is 2.46. The first-order chi connectivity index (χ1) is 4.61. The molecule has 0 aromatic rings. The van der Waals surface area contributed by atoms with Crippen LogP contribution in [0.5, 0.6) is 0 Å². The van der Waals surface area contributed by atoms with E-state index in [4.69, 9.17) is 5.41 Å². The van der Waals surface area contributed by atoms with Gasteiger partial charge in [0.2, 0.25) is 0 Å². The third-order valence-electron chi connectivity index (χ3n) is 1.82. The van der Waals surface area contributed by atoms with Gasteiger partial charge in [0.05, 0.1) is 6.04 Å². The summed E-state index contributed by atoms with van der Waals surface area (Å²) in [6.07, 6.45) is 0.844. The van der Waals surface area contributed by atoms with Gasteiger partial charge in [-0.25, -0.2) is 0 Å². The van der Waals surface area contributed by atoms with Gasteiger partial charge in [-0.3, -0.25) is 0 Å². The van der Waals surface area contributed by atoms with Crippen molar-refractivity contribution < 1.29 is 0 Å². The summed E-state index contributed by atoms with van der Waals surface area (Å²) in [7, 11) is 0. The molecule has 1 atom stereocenters. The third-order valence-corrected chi connectivity index (χ3v) is 1.82. The van der Waals surface area contributed by atoms with Gasteiger partial charge in [-0.1, -0.05) is 20.4 Å². The summed E-state index contributed by atoms with van der Waals surface area (Å²) >= 11 is 0. The lowest BCUT2D eigenvalue weighted by Gasteiger charge is -2.03. The summed E-state index contributed by atoms with van der Waals surface area (Å²) in [5.41, 5.74) is 1.90. The summed E-state index contributed by atoms with van der Waals surface area (Å²) < 4.78 is 0. The second-order valence-corrected chi connectivity index (χ2v) is 3.11. The lowest BCUT2D eigenvalue weighted by atomic mass is 10.0. The molecule has 2 heteroatoms. The monoisotopic (exact) mass is 138 g/mol. The highest BCUT2D eigenvalue weighted by Crippen LogP contribution is 2.18. The van der Waals surface area contributed by atoms with Gasteiger partial charge in [-0.05, 0) is 5.92 Å². The van der Waals surface area contributed by atoms with Gasteiger partial charge >= 0.3 is 0 Å². The molecule has 1 heterocycles. The fourth-order valence-electron chi connectivity index (χ4n) is 0.812. The predicted octanol–water partition coefficient (Wildman–Crippen LogP) is 1.54. The minimum absolute atomic E-state index is 0.384. The summed E-state index contributed by atoms with van der Waals surface area (Å²) in [5.74, 6) is 0.384. The van der Waals surface area contributed by atoms with Crippen molar-refractivity contribution in [2.75, 3.05) is 0 Å². The Balaban J connectivity index is 2.26. The molecule has 0 aromatic heterocycles. The fourth-order valence-corrected chi connectivity index (χ4v) is 0.812. The number of hydrogen-bond acceptors (Lipinski definition) is 2. The number of hydrogen-bond donors (Lipinski definition) is 2. The van der Waals surface area contributed by atoms with Crippen LogP contribution >= 0.6 is 0 Å². The number of rotatable bonds is 3. The van der Waals surface area contributed by atoms with Crippen molar-refractivity contribution in [2.45, 2.75) is 26.3 Å². The maximum atomic E-state index is 7.52. The van der Waals surface area contributed by atoms with E-state index in [1.807, 2.05) is 13.8 Å². The zero-order chi connectivity index (χ0) is 7.72. The average molecular weight is 138 g/mol. The molecule has 0 amide bonds. The highest BCUT2D eigenvalue weighted by molar-refractivity contribution is 5.84. The topological polar surface area (TPSA) is 45.8 Å². The predicted molar refractivity (Wildman–Crippen MR) is 43.2 cm³/mol. The molecule has 0 spiro atoms. The van der Waals surface area contributed by atoms with Crippen molar-refractivity contribution in [3.63, 3.8) is 0 Å². The van der Waals surface area contributed by atoms with Crippen molar-refractivity contribution in [3.05, 3.63) is 12.3 Å². The van der Waals surface area contributed by atoms with Crippen LogP contribution in [0, 0.1) is 11.3 Å². The minimum Gasteiger partial charge on any atom is -0.378 e.